The van der Waals surface area contributed by atoms with Gasteiger partial charge in [-0.1, -0.05) is 13.8 Å². The number of imidazole rings is 1. The third kappa shape index (κ3) is 2.07. The smallest absolute Gasteiger partial charge is 0.109 e. The summed E-state index contributed by atoms with van der Waals surface area (Å²) < 4.78 is 2.30. The molecule has 1 aromatic rings. The van der Waals surface area contributed by atoms with Gasteiger partial charge in [-0.2, -0.15) is 0 Å². The van der Waals surface area contributed by atoms with Crippen LogP contribution in [0, 0.1) is 5.92 Å². The number of aromatic nitrogens is 2. The van der Waals surface area contributed by atoms with Gasteiger partial charge in [0.25, 0.3) is 0 Å². The zero-order chi connectivity index (χ0) is 11.0. The minimum atomic E-state index is 0.290. The maximum Gasteiger partial charge on any atom is 0.109 e. The Hall–Kier alpha value is -0.830. The van der Waals surface area contributed by atoms with E-state index < -0.39 is 0 Å². The highest BCUT2D eigenvalue weighted by Crippen LogP contribution is 2.24. The summed E-state index contributed by atoms with van der Waals surface area (Å²) in [6.07, 6.45) is 4.44. The molecule has 0 saturated heterocycles. The predicted molar refractivity (Wildman–Crippen MR) is 61.8 cm³/mol. The van der Waals surface area contributed by atoms with E-state index in [1.54, 1.807) is 0 Å². The molecule has 1 aliphatic rings. The quantitative estimate of drug-likeness (QED) is 0.805. The molecule has 3 nitrogen and oxygen atoms in total. The van der Waals surface area contributed by atoms with Crippen molar-refractivity contribution >= 4 is 0 Å². The topological polar surface area (TPSA) is 43.8 Å². The number of aryl methyl sites for hydroxylation is 1. The van der Waals surface area contributed by atoms with E-state index in [4.69, 9.17) is 10.7 Å². The fourth-order valence-electron chi connectivity index (χ4n) is 2.20. The lowest BCUT2D eigenvalue weighted by atomic mass is 9.92. The Labute approximate surface area is 91.7 Å². The van der Waals surface area contributed by atoms with E-state index in [9.17, 15) is 0 Å². The zero-order valence-corrected chi connectivity index (χ0v) is 9.90. The van der Waals surface area contributed by atoms with E-state index in [-0.39, 0.29) is 6.04 Å². The summed E-state index contributed by atoms with van der Waals surface area (Å²) in [6, 6.07) is 0.290. The van der Waals surface area contributed by atoms with Gasteiger partial charge in [0.15, 0.2) is 0 Å². The second-order valence-electron chi connectivity index (χ2n) is 5.04. The second kappa shape index (κ2) is 3.97. The van der Waals surface area contributed by atoms with Crippen LogP contribution in [0.5, 0.6) is 0 Å². The number of hydrogen-bond acceptors (Lipinski definition) is 2. The van der Waals surface area contributed by atoms with E-state index in [1.165, 1.54) is 17.9 Å². The molecular formula is C12H21N3. The van der Waals surface area contributed by atoms with Gasteiger partial charge >= 0.3 is 0 Å². The van der Waals surface area contributed by atoms with E-state index in [0.29, 0.717) is 11.8 Å². The summed E-state index contributed by atoms with van der Waals surface area (Å²) in [4.78, 5) is 4.69. The van der Waals surface area contributed by atoms with Crippen molar-refractivity contribution in [3.8, 4) is 0 Å². The lowest BCUT2D eigenvalue weighted by molar-refractivity contribution is 0.337. The summed E-state index contributed by atoms with van der Waals surface area (Å²) in [7, 11) is 0. The lowest BCUT2D eigenvalue weighted by Gasteiger charge is -2.25. The highest BCUT2D eigenvalue weighted by atomic mass is 15.1. The van der Waals surface area contributed by atoms with Crippen LogP contribution in [0.2, 0.25) is 0 Å². The van der Waals surface area contributed by atoms with Crippen LogP contribution < -0.4 is 5.73 Å². The first-order chi connectivity index (χ1) is 7.08. The van der Waals surface area contributed by atoms with Crippen LogP contribution in [0.3, 0.4) is 0 Å². The molecule has 0 saturated carbocycles. The molecule has 84 valence electrons. The fraction of sp³-hybridized carbons (Fsp3) is 0.750. The maximum atomic E-state index is 5.95. The number of fused-ring (bicyclic) bond motifs is 1. The Morgan fingerprint density at radius 3 is 2.80 bits per heavy atom. The molecule has 2 unspecified atom stereocenters. The molecule has 15 heavy (non-hydrogen) atoms. The van der Waals surface area contributed by atoms with Crippen LogP contribution >= 0.6 is 0 Å². The first-order valence-corrected chi connectivity index (χ1v) is 5.89. The Kier molecular flexibility index (Phi) is 2.83. The first kappa shape index (κ1) is 10.7. The molecule has 0 amide bonds. The average molecular weight is 207 g/mol. The van der Waals surface area contributed by atoms with Gasteiger partial charge in [-0.3, -0.25) is 0 Å². The van der Waals surface area contributed by atoms with Crippen molar-refractivity contribution < 1.29 is 0 Å². The molecule has 0 fully saturated rings. The van der Waals surface area contributed by atoms with Gasteiger partial charge in [0, 0.05) is 25.2 Å². The molecule has 0 aromatic carbocycles. The standard InChI is InChI=1S/C12H21N3/c1-8(2)11-7-15-5-4-10(9(3)13)6-12(15)14-11/h7-10H,4-6,13H2,1-3H3. The predicted octanol–water partition coefficient (Wildman–Crippen LogP) is 1.92. The summed E-state index contributed by atoms with van der Waals surface area (Å²) in [5, 5.41) is 0. The number of hydrogen-bond donors (Lipinski definition) is 1. The Bertz CT molecular complexity index is 339. The monoisotopic (exact) mass is 207 g/mol. The molecule has 2 heterocycles. The van der Waals surface area contributed by atoms with Gasteiger partial charge in [-0.15, -0.1) is 0 Å². The van der Waals surface area contributed by atoms with Crippen molar-refractivity contribution in [1.29, 1.82) is 0 Å². The molecule has 3 heteroatoms. The van der Waals surface area contributed by atoms with Crippen molar-refractivity contribution in [2.75, 3.05) is 0 Å². The molecule has 0 spiro atoms. The van der Waals surface area contributed by atoms with Crippen LogP contribution in [-0.2, 0) is 13.0 Å². The molecule has 0 aliphatic carbocycles. The van der Waals surface area contributed by atoms with E-state index in [0.717, 1.165) is 13.0 Å². The van der Waals surface area contributed by atoms with E-state index in [1.807, 2.05) is 0 Å². The molecule has 0 bridgehead atoms. The zero-order valence-electron chi connectivity index (χ0n) is 9.90. The molecule has 1 aliphatic heterocycles. The SMILES string of the molecule is CC(C)c1cn2c(n1)CC(C(C)N)CC2. The number of nitrogens with zero attached hydrogens (tertiary/aromatic N) is 2. The first-order valence-electron chi connectivity index (χ1n) is 5.89. The second-order valence-corrected chi connectivity index (χ2v) is 5.04. The molecule has 1 aromatic heterocycles. The highest BCUT2D eigenvalue weighted by molar-refractivity contribution is 5.10. The van der Waals surface area contributed by atoms with Gasteiger partial charge in [-0.25, -0.2) is 4.98 Å². The summed E-state index contributed by atoms with van der Waals surface area (Å²) in [5.74, 6) is 2.36. The van der Waals surface area contributed by atoms with Crippen LogP contribution in [0.1, 0.15) is 44.6 Å². The summed E-state index contributed by atoms with van der Waals surface area (Å²) in [6.45, 7) is 7.57. The number of rotatable bonds is 2. The third-order valence-corrected chi connectivity index (χ3v) is 3.40. The Morgan fingerprint density at radius 2 is 2.20 bits per heavy atom. The number of nitrogens with two attached hydrogens (primary N) is 1. The van der Waals surface area contributed by atoms with Gasteiger partial charge in [0.1, 0.15) is 5.82 Å². The third-order valence-electron chi connectivity index (χ3n) is 3.40. The molecular weight excluding hydrogens is 186 g/mol. The fourth-order valence-corrected chi connectivity index (χ4v) is 2.20. The van der Waals surface area contributed by atoms with Gasteiger partial charge in [-0.05, 0) is 25.2 Å². The average Bonchev–Trinajstić information content (AvgIpc) is 2.59. The van der Waals surface area contributed by atoms with E-state index >= 15 is 0 Å². The van der Waals surface area contributed by atoms with Crippen LogP contribution in [0.15, 0.2) is 6.20 Å². The van der Waals surface area contributed by atoms with Crippen LogP contribution in [0.25, 0.3) is 0 Å². The largest absolute Gasteiger partial charge is 0.335 e. The van der Waals surface area contributed by atoms with Gasteiger partial charge < -0.3 is 10.3 Å². The summed E-state index contributed by atoms with van der Waals surface area (Å²) >= 11 is 0. The van der Waals surface area contributed by atoms with E-state index in [2.05, 4.69) is 31.5 Å². The maximum absolute atomic E-state index is 5.95. The Balaban J connectivity index is 2.19. The lowest BCUT2D eigenvalue weighted by Crippen LogP contribution is -2.33. The van der Waals surface area contributed by atoms with Gasteiger partial charge in [0.05, 0.1) is 5.69 Å². The highest BCUT2D eigenvalue weighted by Gasteiger charge is 2.23. The van der Waals surface area contributed by atoms with Crippen molar-refractivity contribution in [3.63, 3.8) is 0 Å². The van der Waals surface area contributed by atoms with Crippen molar-refractivity contribution in [2.45, 2.75) is 52.1 Å². The summed E-state index contributed by atoms with van der Waals surface area (Å²) in [5.41, 5.74) is 7.17. The molecule has 2 rings (SSSR count). The van der Waals surface area contributed by atoms with Crippen molar-refractivity contribution in [1.82, 2.24) is 9.55 Å². The molecule has 2 N–H and O–H groups in total. The molecule has 0 radical (unpaired) electrons. The van der Waals surface area contributed by atoms with Crippen molar-refractivity contribution in [3.05, 3.63) is 17.7 Å². The van der Waals surface area contributed by atoms with Gasteiger partial charge in [0.2, 0.25) is 0 Å². The molecule has 2 atom stereocenters. The van der Waals surface area contributed by atoms with Crippen LogP contribution in [-0.4, -0.2) is 15.6 Å². The van der Waals surface area contributed by atoms with Crippen LogP contribution in [0.4, 0.5) is 0 Å². The normalized spacial score (nSPS) is 22.9. The minimum absolute atomic E-state index is 0.290. The van der Waals surface area contributed by atoms with Crippen molar-refractivity contribution in [2.24, 2.45) is 11.7 Å². The minimum Gasteiger partial charge on any atom is -0.335 e. The Morgan fingerprint density at radius 1 is 1.47 bits per heavy atom.